The summed E-state index contributed by atoms with van der Waals surface area (Å²) in [5.41, 5.74) is 3.91. The van der Waals surface area contributed by atoms with Crippen LogP contribution in [0, 0.1) is 23.7 Å². The third-order valence-electron chi connectivity index (χ3n) is 9.04. The van der Waals surface area contributed by atoms with Crippen molar-refractivity contribution in [3.05, 3.63) is 89.1 Å². The van der Waals surface area contributed by atoms with Gasteiger partial charge in [0.25, 0.3) is 15.9 Å². The van der Waals surface area contributed by atoms with Crippen molar-refractivity contribution in [3.8, 4) is 6.07 Å². The molecule has 2 heterocycles. The fourth-order valence-electron chi connectivity index (χ4n) is 5.45. The predicted molar refractivity (Wildman–Crippen MR) is 177 cm³/mol. The molecule has 234 valence electrons. The highest BCUT2D eigenvalue weighted by atomic mass is 32.2. The molecule has 1 aliphatic heterocycles. The Morgan fingerprint density at radius 1 is 1.02 bits per heavy atom. The van der Waals surface area contributed by atoms with Gasteiger partial charge in [-0.2, -0.15) is 5.26 Å². The van der Waals surface area contributed by atoms with Gasteiger partial charge in [0.2, 0.25) is 0 Å². The zero-order valence-electron chi connectivity index (χ0n) is 26.4. The average Bonchev–Trinajstić information content (AvgIpc) is 3.47. The first-order valence-corrected chi connectivity index (χ1v) is 16.6. The molecule has 11 heteroatoms. The van der Waals surface area contributed by atoms with Gasteiger partial charge in [-0.3, -0.25) is 9.52 Å². The van der Waals surface area contributed by atoms with Crippen molar-refractivity contribution < 1.29 is 22.5 Å². The van der Waals surface area contributed by atoms with Gasteiger partial charge in [0.1, 0.15) is 6.07 Å². The second-order valence-corrected chi connectivity index (χ2v) is 14.4. The van der Waals surface area contributed by atoms with Crippen LogP contribution in [0.4, 0.5) is 5.69 Å². The van der Waals surface area contributed by atoms with Gasteiger partial charge in [0.05, 0.1) is 27.3 Å². The molecule has 0 unspecified atom stereocenters. The maximum atomic E-state index is 13.2. The SMILES string of the molecule is Cc1ccc(NS(=O)(=O)c2ccc(CNC(=O)c3ccc(B4OCCCCC(C)(C)C(C)(C)O4)cc3)cc2)c2[nH]cc(C#N)c12. The molecule has 4 aromatic rings. The predicted octanol–water partition coefficient (Wildman–Crippen LogP) is 5.80. The Morgan fingerprint density at radius 3 is 2.42 bits per heavy atom. The molecule has 45 heavy (non-hydrogen) atoms. The van der Waals surface area contributed by atoms with Crippen LogP contribution < -0.4 is 15.5 Å². The molecule has 1 amide bonds. The third kappa shape index (κ3) is 6.93. The van der Waals surface area contributed by atoms with Gasteiger partial charge in [-0.1, -0.05) is 50.6 Å². The lowest BCUT2D eigenvalue weighted by Crippen LogP contribution is -2.50. The number of sulfonamides is 1. The second-order valence-electron chi connectivity index (χ2n) is 12.7. The van der Waals surface area contributed by atoms with Crippen molar-refractivity contribution in [2.24, 2.45) is 5.41 Å². The minimum Gasteiger partial charge on any atom is -0.407 e. The number of carbonyl (C=O) groups is 1. The van der Waals surface area contributed by atoms with Gasteiger partial charge in [-0.25, -0.2) is 8.42 Å². The molecule has 1 aliphatic rings. The van der Waals surface area contributed by atoms with Gasteiger partial charge < -0.3 is 19.6 Å². The van der Waals surface area contributed by atoms with Gasteiger partial charge in [0.15, 0.2) is 0 Å². The summed E-state index contributed by atoms with van der Waals surface area (Å²) >= 11 is 0. The number of aryl methyl sites for hydroxylation is 1. The zero-order chi connectivity index (χ0) is 32.4. The smallest absolute Gasteiger partial charge is 0.407 e. The summed E-state index contributed by atoms with van der Waals surface area (Å²) in [6.07, 6.45) is 4.67. The monoisotopic (exact) mass is 626 g/mol. The quantitative estimate of drug-likeness (QED) is 0.222. The minimum atomic E-state index is -3.90. The van der Waals surface area contributed by atoms with E-state index in [9.17, 15) is 18.5 Å². The molecule has 9 nitrogen and oxygen atoms in total. The van der Waals surface area contributed by atoms with Gasteiger partial charge in [0, 0.05) is 30.3 Å². The molecule has 3 N–H and O–H groups in total. The van der Waals surface area contributed by atoms with Crippen LogP contribution in [0.1, 0.15) is 74.0 Å². The van der Waals surface area contributed by atoms with Crippen LogP contribution in [0.25, 0.3) is 10.9 Å². The molecule has 0 bridgehead atoms. The number of anilines is 1. The van der Waals surface area contributed by atoms with E-state index in [1.807, 2.05) is 19.1 Å². The summed E-state index contributed by atoms with van der Waals surface area (Å²) in [6, 6.07) is 19.2. The summed E-state index contributed by atoms with van der Waals surface area (Å²) in [6.45, 7) is 11.4. The van der Waals surface area contributed by atoms with E-state index in [2.05, 4.69) is 48.8 Å². The Kier molecular flexibility index (Phi) is 9.12. The molecule has 0 radical (unpaired) electrons. The largest absolute Gasteiger partial charge is 0.494 e. The van der Waals surface area contributed by atoms with Crippen LogP contribution in [-0.4, -0.2) is 38.6 Å². The first-order valence-electron chi connectivity index (χ1n) is 15.1. The van der Waals surface area contributed by atoms with Gasteiger partial charge in [-0.15, -0.1) is 0 Å². The number of H-pyrrole nitrogens is 1. The lowest BCUT2D eigenvalue weighted by atomic mass is 9.70. The van der Waals surface area contributed by atoms with E-state index in [0.717, 1.165) is 35.9 Å². The number of rotatable bonds is 7. The number of amides is 1. The molecule has 1 aromatic heterocycles. The Hall–Kier alpha value is -4.11. The summed E-state index contributed by atoms with van der Waals surface area (Å²) < 4.78 is 41.5. The van der Waals surface area contributed by atoms with E-state index in [0.29, 0.717) is 34.3 Å². The van der Waals surface area contributed by atoms with Crippen LogP contribution in [0.2, 0.25) is 0 Å². The molecule has 0 spiro atoms. The molecule has 1 saturated heterocycles. The van der Waals surface area contributed by atoms with E-state index >= 15 is 0 Å². The van der Waals surface area contributed by atoms with E-state index < -0.39 is 22.7 Å². The van der Waals surface area contributed by atoms with E-state index in [4.69, 9.17) is 9.31 Å². The number of fused-ring (bicyclic) bond motifs is 1. The maximum Gasteiger partial charge on any atom is 0.494 e. The number of nitrogens with one attached hydrogen (secondary N) is 3. The van der Waals surface area contributed by atoms with Gasteiger partial charge in [-0.05, 0) is 85.9 Å². The summed E-state index contributed by atoms with van der Waals surface area (Å²) in [5, 5.41) is 13.0. The van der Waals surface area contributed by atoms with Crippen molar-refractivity contribution >= 4 is 45.1 Å². The first kappa shape index (κ1) is 32.3. The first-order chi connectivity index (χ1) is 21.3. The van der Waals surface area contributed by atoms with Crippen molar-refractivity contribution in [3.63, 3.8) is 0 Å². The number of nitrogens with zero attached hydrogens (tertiary/aromatic N) is 1. The molecule has 0 aliphatic carbocycles. The number of hydrogen-bond donors (Lipinski definition) is 3. The highest BCUT2D eigenvalue weighted by molar-refractivity contribution is 7.92. The average molecular weight is 627 g/mol. The fourth-order valence-corrected chi connectivity index (χ4v) is 6.52. The summed E-state index contributed by atoms with van der Waals surface area (Å²) in [4.78, 5) is 16.0. The van der Waals surface area contributed by atoms with Crippen molar-refractivity contribution in [1.82, 2.24) is 10.3 Å². The normalized spacial score (nSPS) is 16.7. The van der Waals surface area contributed by atoms with Crippen LogP contribution >= 0.6 is 0 Å². The zero-order valence-corrected chi connectivity index (χ0v) is 27.2. The van der Waals surface area contributed by atoms with Crippen LogP contribution in [-0.2, 0) is 25.9 Å². The van der Waals surface area contributed by atoms with Gasteiger partial charge >= 0.3 is 7.12 Å². The minimum absolute atomic E-state index is 0.0168. The molecular formula is C34H39BN4O5S. The second kappa shape index (κ2) is 12.7. The summed E-state index contributed by atoms with van der Waals surface area (Å²) in [7, 11) is -4.42. The number of nitriles is 1. The van der Waals surface area contributed by atoms with Crippen LogP contribution in [0.5, 0.6) is 0 Å². The highest BCUT2D eigenvalue weighted by Crippen LogP contribution is 2.39. The lowest BCUT2D eigenvalue weighted by molar-refractivity contribution is -0.0286. The highest BCUT2D eigenvalue weighted by Gasteiger charge is 2.42. The number of hydrogen-bond acceptors (Lipinski definition) is 6. The molecule has 3 aromatic carbocycles. The standard InChI is InChI=1S/C34H39BN4O5S/c1-23-8-17-29(31-30(23)26(20-36)22-37-31)39-45(41,42)28-15-9-24(10-16-28)21-38-32(40)25-11-13-27(14-12-25)35-43-19-7-6-18-33(2,3)34(4,5)44-35/h8-17,22,37,39H,6-7,18-19,21H2,1-5H3,(H,38,40). The van der Waals surface area contributed by atoms with Crippen molar-refractivity contribution in [2.75, 3.05) is 11.3 Å². The van der Waals surface area contributed by atoms with Crippen LogP contribution in [0.15, 0.2) is 71.8 Å². The Bertz CT molecular complexity index is 1840. The van der Waals surface area contributed by atoms with E-state index in [-0.39, 0.29) is 22.8 Å². The Labute approximate surface area is 265 Å². The van der Waals surface area contributed by atoms with Crippen molar-refractivity contribution in [2.45, 2.75) is 70.9 Å². The van der Waals surface area contributed by atoms with E-state index in [1.54, 1.807) is 42.6 Å². The number of aromatic nitrogens is 1. The third-order valence-corrected chi connectivity index (χ3v) is 10.4. The number of carbonyl (C=O) groups excluding carboxylic acids is 1. The summed E-state index contributed by atoms with van der Waals surface area (Å²) in [5.74, 6) is -0.247. The molecule has 1 fully saturated rings. The van der Waals surface area contributed by atoms with E-state index in [1.165, 1.54) is 12.1 Å². The molecule has 5 rings (SSSR count). The Morgan fingerprint density at radius 2 is 1.73 bits per heavy atom. The lowest BCUT2D eigenvalue weighted by Gasteiger charge is -2.42. The molecular weight excluding hydrogens is 587 g/mol. The Balaban J connectivity index is 1.21. The number of aromatic amines is 1. The number of benzene rings is 3. The maximum absolute atomic E-state index is 13.2. The topological polar surface area (TPSA) is 133 Å². The molecule has 0 saturated carbocycles. The van der Waals surface area contributed by atoms with Crippen molar-refractivity contribution in [1.29, 1.82) is 5.26 Å². The van der Waals surface area contributed by atoms with Crippen LogP contribution in [0.3, 0.4) is 0 Å². The fraction of sp³-hybridized carbons (Fsp3) is 0.353. The molecule has 0 atom stereocenters.